The quantitative estimate of drug-likeness (QED) is 0.869. The monoisotopic (exact) mass is 271 g/mol. The lowest BCUT2D eigenvalue weighted by Crippen LogP contribution is -2.17. The normalized spacial score (nSPS) is 10.3. The zero-order valence-electron chi connectivity index (χ0n) is 11.8. The zero-order chi connectivity index (χ0) is 14.7. The Bertz CT molecular complexity index is 659. The second-order valence-electron chi connectivity index (χ2n) is 4.55. The van der Waals surface area contributed by atoms with Crippen molar-refractivity contribution in [3.8, 4) is 0 Å². The summed E-state index contributed by atoms with van der Waals surface area (Å²) in [4.78, 5) is 23.8. The molecule has 0 saturated carbocycles. The molecule has 0 bridgehead atoms. The molecular formula is C15H17N3O2. The SMILES string of the molecule is CCc1cc(C(=O)Nc2ccccc2C(C)=O)n(C)n1. The molecule has 1 aromatic heterocycles. The number of aromatic nitrogens is 2. The van der Waals surface area contributed by atoms with Gasteiger partial charge in [-0.05, 0) is 31.5 Å². The van der Waals surface area contributed by atoms with Crippen LogP contribution >= 0.6 is 0 Å². The van der Waals surface area contributed by atoms with Gasteiger partial charge in [-0.1, -0.05) is 19.1 Å². The van der Waals surface area contributed by atoms with Crippen LogP contribution in [0.3, 0.4) is 0 Å². The van der Waals surface area contributed by atoms with E-state index in [4.69, 9.17) is 0 Å². The van der Waals surface area contributed by atoms with Crippen LogP contribution in [-0.4, -0.2) is 21.5 Å². The van der Waals surface area contributed by atoms with Gasteiger partial charge in [0.2, 0.25) is 0 Å². The van der Waals surface area contributed by atoms with Gasteiger partial charge in [-0.2, -0.15) is 5.10 Å². The summed E-state index contributed by atoms with van der Waals surface area (Å²) in [6.45, 7) is 3.46. The molecule has 1 heterocycles. The number of para-hydroxylation sites is 1. The Hall–Kier alpha value is -2.43. The molecule has 1 aromatic carbocycles. The number of anilines is 1. The Morgan fingerprint density at radius 1 is 1.30 bits per heavy atom. The third kappa shape index (κ3) is 2.77. The van der Waals surface area contributed by atoms with Crippen LogP contribution in [0.25, 0.3) is 0 Å². The Labute approximate surface area is 117 Å². The van der Waals surface area contributed by atoms with Crippen LogP contribution in [0, 0.1) is 0 Å². The topological polar surface area (TPSA) is 64.0 Å². The van der Waals surface area contributed by atoms with Gasteiger partial charge in [0.25, 0.3) is 5.91 Å². The summed E-state index contributed by atoms with van der Waals surface area (Å²) in [5, 5.41) is 7.00. The molecule has 0 unspecified atom stereocenters. The third-order valence-electron chi connectivity index (χ3n) is 3.08. The van der Waals surface area contributed by atoms with E-state index in [-0.39, 0.29) is 11.7 Å². The van der Waals surface area contributed by atoms with Crippen molar-refractivity contribution >= 4 is 17.4 Å². The van der Waals surface area contributed by atoms with Crippen LogP contribution in [0.1, 0.15) is 40.4 Å². The van der Waals surface area contributed by atoms with E-state index in [1.807, 2.05) is 6.92 Å². The van der Waals surface area contributed by atoms with Gasteiger partial charge >= 0.3 is 0 Å². The van der Waals surface area contributed by atoms with Crippen molar-refractivity contribution in [2.24, 2.45) is 7.05 Å². The van der Waals surface area contributed by atoms with Crippen molar-refractivity contribution in [2.45, 2.75) is 20.3 Å². The standard InChI is InChI=1S/C15H17N3O2/c1-4-11-9-14(18(3)17-11)15(20)16-13-8-6-5-7-12(13)10(2)19/h5-9H,4H2,1-3H3,(H,16,20). The largest absolute Gasteiger partial charge is 0.320 e. The molecule has 0 fully saturated rings. The number of amides is 1. The molecule has 1 N–H and O–H groups in total. The average Bonchev–Trinajstić information content (AvgIpc) is 2.80. The minimum absolute atomic E-state index is 0.0832. The predicted octanol–water partition coefficient (Wildman–Crippen LogP) is 2.44. The molecule has 0 radical (unpaired) electrons. The van der Waals surface area contributed by atoms with E-state index < -0.39 is 0 Å². The molecule has 0 aliphatic heterocycles. The maximum absolute atomic E-state index is 12.3. The van der Waals surface area contributed by atoms with Gasteiger partial charge in [0.05, 0.1) is 11.4 Å². The minimum atomic E-state index is -0.270. The lowest BCUT2D eigenvalue weighted by atomic mass is 10.1. The van der Waals surface area contributed by atoms with Gasteiger partial charge < -0.3 is 5.32 Å². The lowest BCUT2D eigenvalue weighted by Gasteiger charge is -2.08. The third-order valence-corrected chi connectivity index (χ3v) is 3.08. The Morgan fingerprint density at radius 3 is 2.60 bits per heavy atom. The summed E-state index contributed by atoms with van der Waals surface area (Å²) >= 11 is 0. The first-order valence-electron chi connectivity index (χ1n) is 6.47. The van der Waals surface area contributed by atoms with E-state index in [0.29, 0.717) is 16.9 Å². The molecule has 20 heavy (non-hydrogen) atoms. The number of nitrogens with one attached hydrogen (secondary N) is 1. The van der Waals surface area contributed by atoms with E-state index in [1.54, 1.807) is 42.1 Å². The molecule has 0 spiro atoms. The molecule has 104 valence electrons. The zero-order valence-corrected chi connectivity index (χ0v) is 11.8. The maximum atomic E-state index is 12.3. The first-order valence-corrected chi connectivity index (χ1v) is 6.47. The summed E-state index contributed by atoms with van der Waals surface area (Å²) in [7, 11) is 1.73. The first kappa shape index (κ1) is 14.0. The van der Waals surface area contributed by atoms with Gasteiger partial charge in [-0.3, -0.25) is 14.3 Å². The van der Waals surface area contributed by atoms with E-state index in [9.17, 15) is 9.59 Å². The molecule has 5 nitrogen and oxygen atoms in total. The molecule has 1 amide bonds. The van der Waals surface area contributed by atoms with Crippen LogP contribution in [0.5, 0.6) is 0 Å². The van der Waals surface area contributed by atoms with Crippen LogP contribution in [-0.2, 0) is 13.5 Å². The molecule has 0 aliphatic rings. The highest BCUT2D eigenvalue weighted by Gasteiger charge is 2.15. The molecule has 2 rings (SSSR count). The number of hydrogen-bond acceptors (Lipinski definition) is 3. The van der Waals surface area contributed by atoms with Crippen molar-refractivity contribution in [3.05, 3.63) is 47.3 Å². The molecule has 0 aliphatic carbocycles. The summed E-state index contributed by atoms with van der Waals surface area (Å²) in [6, 6.07) is 8.71. The van der Waals surface area contributed by atoms with Crippen molar-refractivity contribution in [1.82, 2.24) is 9.78 Å². The Morgan fingerprint density at radius 2 is 2.00 bits per heavy atom. The summed E-state index contributed by atoms with van der Waals surface area (Å²) < 4.78 is 1.55. The van der Waals surface area contributed by atoms with Crippen LogP contribution < -0.4 is 5.32 Å². The average molecular weight is 271 g/mol. The number of carbonyl (C=O) groups is 2. The van der Waals surface area contributed by atoms with Crippen molar-refractivity contribution in [3.63, 3.8) is 0 Å². The predicted molar refractivity (Wildman–Crippen MR) is 77.0 cm³/mol. The summed E-state index contributed by atoms with van der Waals surface area (Å²) in [5.74, 6) is -0.353. The van der Waals surface area contributed by atoms with Gasteiger partial charge in [0.15, 0.2) is 5.78 Å². The van der Waals surface area contributed by atoms with Crippen LogP contribution in [0.4, 0.5) is 5.69 Å². The molecule has 0 atom stereocenters. The highest BCUT2D eigenvalue weighted by Crippen LogP contribution is 2.17. The minimum Gasteiger partial charge on any atom is -0.320 e. The fourth-order valence-electron chi connectivity index (χ4n) is 2.00. The molecule has 2 aromatic rings. The van der Waals surface area contributed by atoms with Gasteiger partial charge in [0, 0.05) is 12.6 Å². The summed E-state index contributed by atoms with van der Waals surface area (Å²) in [6.07, 6.45) is 0.769. The second-order valence-corrected chi connectivity index (χ2v) is 4.55. The van der Waals surface area contributed by atoms with E-state index in [0.717, 1.165) is 12.1 Å². The number of aryl methyl sites for hydroxylation is 2. The Kier molecular flexibility index (Phi) is 3.98. The first-order chi connectivity index (χ1) is 9.52. The number of benzene rings is 1. The van der Waals surface area contributed by atoms with Crippen molar-refractivity contribution in [1.29, 1.82) is 0 Å². The van der Waals surface area contributed by atoms with E-state index in [2.05, 4.69) is 10.4 Å². The number of carbonyl (C=O) groups excluding carboxylic acids is 2. The van der Waals surface area contributed by atoms with Crippen LogP contribution in [0.15, 0.2) is 30.3 Å². The number of rotatable bonds is 4. The number of nitrogens with zero attached hydrogens (tertiary/aromatic N) is 2. The van der Waals surface area contributed by atoms with Crippen molar-refractivity contribution in [2.75, 3.05) is 5.32 Å². The second kappa shape index (κ2) is 5.69. The van der Waals surface area contributed by atoms with E-state index in [1.165, 1.54) is 6.92 Å². The van der Waals surface area contributed by atoms with Crippen molar-refractivity contribution < 1.29 is 9.59 Å². The lowest BCUT2D eigenvalue weighted by molar-refractivity contribution is 0.101. The molecule has 0 saturated heterocycles. The fourth-order valence-corrected chi connectivity index (χ4v) is 2.00. The van der Waals surface area contributed by atoms with E-state index >= 15 is 0 Å². The van der Waals surface area contributed by atoms with Gasteiger partial charge in [0.1, 0.15) is 5.69 Å². The molecular weight excluding hydrogens is 254 g/mol. The highest BCUT2D eigenvalue weighted by molar-refractivity contribution is 6.08. The molecule has 5 heteroatoms. The maximum Gasteiger partial charge on any atom is 0.273 e. The van der Waals surface area contributed by atoms with Gasteiger partial charge in [-0.15, -0.1) is 0 Å². The van der Waals surface area contributed by atoms with Crippen LogP contribution in [0.2, 0.25) is 0 Å². The number of Topliss-reactive ketones (excluding diaryl/α,β-unsaturated/α-hetero) is 1. The number of hydrogen-bond donors (Lipinski definition) is 1. The Balaban J connectivity index is 2.28. The van der Waals surface area contributed by atoms with Gasteiger partial charge in [-0.25, -0.2) is 0 Å². The smallest absolute Gasteiger partial charge is 0.273 e. The number of ketones is 1. The summed E-state index contributed by atoms with van der Waals surface area (Å²) in [5.41, 5.74) is 2.35. The highest BCUT2D eigenvalue weighted by atomic mass is 16.2. The fraction of sp³-hybridized carbons (Fsp3) is 0.267.